The molecule has 4 heteroatoms. The van der Waals surface area contributed by atoms with Gasteiger partial charge in [-0.05, 0) is 37.0 Å². The van der Waals surface area contributed by atoms with Gasteiger partial charge in [0.05, 0.1) is 5.69 Å². The number of benzene rings is 1. The molecule has 21 heavy (non-hydrogen) atoms. The third-order valence-electron chi connectivity index (χ3n) is 5.11. The van der Waals surface area contributed by atoms with Crippen molar-refractivity contribution in [2.75, 3.05) is 18.0 Å². The minimum Gasteiger partial charge on any atom is -0.363 e. The van der Waals surface area contributed by atoms with E-state index in [0.717, 1.165) is 13.1 Å². The van der Waals surface area contributed by atoms with Crippen LogP contribution in [-0.4, -0.2) is 24.7 Å². The number of hydrogen-bond acceptors (Lipinski definition) is 2. The quantitative estimate of drug-likeness (QED) is 0.879. The lowest BCUT2D eigenvalue weighted by molar-refractivity contribution is 0.244. The van der Waals surface area contributed by atoms with Gasteiger partial charge in [0, 0.05) is 29.7 Å². The maximum atomic E-state index is 14.3. The maximum Gasteiger partial charge on any atom is 0.146 e. The van der Waals surface area contributed by atoms with Crippen LogP contribution in [0.25, 0.3) is 0 Å². The van der Waals surface area contributed by atoms with E-state index in [-0.39, 0.29) is 11.4 Å². The van der Waals surface area contributed by atoms with Crippen molar-refractivity contribution >= 4 is 17.3 Å². The molecule has 0 aromatic heterocycles. The van der Waals surface area contributed by atoms with Gasteiger partial charge in [-0.15, -0.1) is 0 Å². The van der Waals surface area contributed by atoms with Gasteiger partial charge >= 0.3 is 0 Å². The van der Waals surface area contributed by atoms with E-state index in [9.17, 15) is 4.39 Å². The first-order valence-corrected chi connectivity index (χ1v) is 8.35. The number of halogens is 2. The highest BCUT2D eigenvalue weighted by Gasteiger charge is 2.42. The zero-order chi connectivity index (χ0) is 15.0. The lowest BCUT2D eigenvalue weighted by Gasteiger charge is -2.49. The lowest BCUT2D eigenvalue weighted by atomic mass is 9.88. The third kappa shape index (κ3) is 2.91. The summed E-state index contributed by atoms with van der Waals surface area (Å²) in [5.41, 5.74) is 0.828. The predicted octanol–water partition coefficient (Wildman–Crippen LogP) is 4.23. The molecule has 2 nitrogen and oxygen atoms in total. The first kappa shape index (κ1) is 15.1. The Morgan fingerprint density at radius 1 is 1.33 bits per heavy atom. The van der Waals surface area contributed by atoms with E-state index in [4.69, 9.17) is 11.6 Å². The van der Waals surface area contributed by atoms with Crippen LogP contribution in [0.1, 0.15) is 39.5 Å². The highest BCUT2D eigenvalue weighted by molar-refractivity contribution is 6.30. The zero-order valence-electron chi connectivity index (χ0n) is 12.8. The van der Waals surface area contributed by atoms with Crippen LogP contribution >= 0.6 is 11.6 Å². The molecule has 2 aliphatic rings. The molecule has 1 spiro atoms. The van der Waals surface area contributed by atoms with Gasteiger partial charge in [-0.1, -0.05) is 38.3 Å². The minimum atomic E-state index is -0.167. The van der Waals surface area contributed by atoms with Crippen LogP contribution in [0.3, 0.4) is 0 Å². The fourth-order valence-electron chi connectivity index (χ4n) is 3.88. The summed E-state index contributed by atoms with van der Waals surface area (Å²) in [4.78, 5) is 2.26. The smallest absolute Gasteiger partial charge is 0.146 e. The first-order valence-electron chi connectivity index (χ1n) is 7.97. The van der Waals surface area contributed by atoms with Gasteiger partial charge in [-0.25, -0.2) is 4.39 Å². The van der Waals surface area contributed by atoms with Crippen molar-refractivity contribution in [2.24, 2.45) is 5.92 Å². The van der Waals surface area contributed by atoms with Crippen molar-refractivity contribution in [1.82, 2.24) is 5.32 Å². The summed E-state index contributed by atoms with van der Waals surface area (Å²) in [6, 6.07) is 5.20. The van der Waals surface area contributed by atoms with Crippen LogP contribution in [0, 0.1) is 11.7 Å². The van der Waals surface area contributed by atoms with Crippen LogP contribution in [0.2, 0.25) is 5.02 Å². The van der Waals surface area contributed by atoms with Gasteiger partial charge in [0.1, 0.15) is 5.82 Å². The maximum absolute atomic E-state index is 14.3. The molecule has 1 N–H and O–H groups in total. The number of rotatable bonds is 2. The highest BCUT2D eigenvalue weighted by Crippen LogP contribution is 2.37. The number of nitrogens with zero attached hydrogens (tertiary/aromatic N) is 1. The van der Waals surface area contributed by atoms with Crippen LogP contribution in [0.15, 0.2) is 18.2 Å². The Labute approximate surface area is 131 Å². The molecular weight excluding hydrogens is 287 g/mol. The topological polar surface area (TPSA) is 15.3 Å². The van der Waals surface area contributed by atoms with E-state index in [0.29, 0.717) is 22.7 Å². The Bertz CT molecular complexity index is 512. The standard InChI is InChI=1S/C17H24ClFN2/c1-12(2)16-10-20-17(7-3-4-8-17)11-21(16)15-9-13(18)5-6-14(15)19/h5-6,9,12,16,20H,3-4,7-8,10-11H2,1-2H3. The number of hydrogen-bond donors (Lipinski definition) is 1. The Morgan fingerprint density at radius 3 is 2.71 bits per heavy atom. The molecule has 0 bridgehead atoms. The van der Waals surface area contributed by atoms with E-state index in [1.165, 1.54) is 31.7 Å². The highest BCUT2D eigenvalue weighted by atomic mass is 35.5. The van der Waals surface area contributed by atoms with Gasteiger partial charge < -0.3 is 10.2 Å². The normalized spacial score (nSPS) is 25.0. The fraction of sp³-hybridized carbons (Fsp3) is 0.647. The third-order valence-corrected chi connectivity index (χ3v) is 5.34. The molecule has 1 aliphatic heterocycles. The van der Waals surface area contributed by atoms with Crippen molar-refractivity contribution < 1.29 is 4.39 Å². The van der Waals surface area contributed by atoms with Crippen molar-refractivity contribution in [3.05, 3.63) is 29.0 Å². The summed E-state index contributed by atoms with van der Waals surface area (Å²) in [5.74, 6) is 0.301. The summed E-state index contributed by atoms with van der Waals surface area (Å²) in [7, 11) is 0. The fourth-order valence-corrected chi connectivity index (χ4v) is 4.05. The number of piperazine rings is 1. The molecule has 1 atom stereocenters. The van der Waals surface area contributed by atoms with Crippen LogP contribution < -0.4 is 10.2 Å². The second-order valence-electron chi connectivity index (χ2n) is 6.90. The summed E-state index contributed by atoms with van der Waals surface area (Å²) in [6.45, 7) is 6.21. The van der Waals surface area contributed by atoms with Gasteiger partial charge in [0.2, 0.25) is 0 Å². The molecule has 0 radical (unpaired) electrons. The van der Waals surface area contributed by atoms with E-state index >= 15 is 0 Å². The second kappa shape index (κ2) is 5.77. The lowest BCUT2D eigenvalue weighted by Crippen LogP contribution is -2.64. The van der Waals surface area contributed by atoms with Gasteiger partial charge in [-0.2, -0.15) is 0 Å². The van der Waals surface area contributed by atoms with E-state index in [1.54, 1.807) is 12.1 Å². The van der Waals surface area contributed by atoms with Crippen LogP contribution in [-0.2, 0) is 0 Å². The summed E-state index contributed by atoms with van der Waals surface area (Å²) in [6.07, 6.45) is 4.92. The Morgan fingerprint density at radius 2 is 2.05 bits per heavy atom. The van der Waals surface area contributed by atoms with Crippen molar-refractivity contribution in [1.29, 1.82) is 0 Å². The van der Waals surface area contributed by atoms with E-state index in [2.05, 4.69) is 24.1 Å². The Hall–Kier alpha value is -0.800. The van der Waals surface area contributed by atoms with E-state index in [1.807, 2.05) is 0 Å². The van der Waals surface area contributed by atoms with Gasteiger partial charge in [-0.3, -0.25) is 0 Å². The first-order chi connectivity index (χ1) is 10.0. The molecule has 116 valence electrons. The molecular formula is C17H24ClFN2. The molecule has 1 saturated heterocycles. The molecule has 1 unspecified atom stereocenters. The van der Waals surface area contributed by atoms with Crippen LogP contribution in [0.5, 0.6) is 0 Å². The summed E-state index contributed by atoms with van der Waals surface area (Å²) < 4.78 is 14.3. The van der Waals surface area contributed by atoms with Gasteiger partial charge in [0.15, 0.2) is 0 Å². The monoisotopic (exact) mass is 310 g/mol. The Balaban J connectivity index is 1.95. The number of anilines is 1. The molecule has 1 saturated carbocycles. The molecule has 1 aromatic rings. The molecule has 1 aromatic carbocycles. The molecule has 2 fully saturated rings. The number of nitrogens with one attached hydrogen (secondary N) is 1. The zero-order valence-corrected chi connectivity index (χ0v) is 13.6. The second-order valence-corrected chi connectivity index (χ2v) is 7.34. The van der Waals surface area contributed by atoms with Crippen molar-refractivity contribution in [2.45, 2.75) is 51.1 Å². The predicted molar refractivity (Wildman–Crippen MR) is 86.6 cm³/mol. The molecule has 1 aliphatic carbocycles. The molecule has 1 heterocycles. The minimum absolute atomic E-state index is 0.167. The van der Waals surface area contributed by atoms with Crippen molar-refractivity contribution in [3.63, 3.8) is 0 Å². The van der Waals surface area contributed by atoms with Crippen LogP contribution in [0.4, 0.5) is 10.1 Å². The van der Waals surface area contributed by atoms with Crippen molar-refractivity contribution in [3.8, 4) is 0 Å². The Kier molecular flexibility index (Phi) is 4.15. The summed E-state index contributed by atoms with van der Waals surface area (Å²) in [5, 5.41) is 4.37. The SMILES string of the molecule is CC(C)C1CNC2(CCCC2)CN1c1cc(Cl)ccc1F. The average molecular weight is 311 g/mol. The summed E-state index contributed by atoms with van der Waals surface area (Å²) >= 11 is 6.11. The molecule has 3 rings (SSSR count). The molecule has 0 amide bonds. The largest absolute Gasteiger partial charge is 0.363 e. The average Bonchev–Trinajstić information content (AvgIpc) is 2.89. The van der Waals surface area contributed by atoms with E-state index < -0.39 is 0 Å². The van der Waals surface area contributed by atoms with Gasteiger partial charge in [0.25, 0.3) is 0 Å².